The number of amides is 3. The quantitative estimate of drug-likeness (QED) is 0.194. The highest BCUT2D eigenvalue weighted by Crippen LogP contribution is 2.41. The molecule has 3 aliphatic rings. The van der Waals surface area contributed by atoms with E-state index in [0.717, 1.165) is 22.9 Å². The number of unbranched alkanes of at least 4 members (excludes halogenated alkanes) is 1. The van der Waals surface area contributed by atoms with E-state index in [4.69, 9.17) is 4.74 Å². The van der Waals surface area contributed by atoms with Crippen LogP contribution in [0.1, 0.15) is 52.4 Å². The van der Waals surface area contributed by atoms with Crippen molar-refractivity contribution in [2.75, 3.05) is 45.3 Å². The summed E-state index contributed by atoms with van der Waals surface area (Å²) in [6.45, 7) is 0.949. The maximum absolute atomic E-state index is 13.5. The first kappa shape index (κ1) is 36.0. The number of imide groups is 1. The van der Waals surface area contributed by atoms with Crippen LogP contribution in [-0.4, -0.2) is 103 Å². The number of fused-ring (bicyclic) bond motifs is 3. The van der Waals surface area contributed by atoms with Crippen LogP contribution in [0, 0.1) is 0 Å². The van der Waals surface area contributed by atoms with Gasteiger partial charge in [-0.15, -0.1) is 11.3 Å². The number of nitrogens with one attached hydrogen (secondary N) is 1. The number of aromatic nitrogens is 3. The molecule has 1 N–H and O–H groups in total. The summed E-state index contributed by atoms with van der Waals surface area (Å²) < 4.78 is 60.7. The highest BCUT2D eigenvalue weighted by molar-refractivity contribution is 7.90. The summed E-state index contributed by atoms with van der Waals surface area (Å²) in [7, 11) is -3.93. The van der Waals surface area contributed by atoms with E-state index in [0.29, 0.717) is 57.9 Å². The lowest BCUT2D eigenvalue weighted by Crippen LogP contribution is -2.52. The van der Waals surface area contributed by atoms with Crippen molar-refractivity contribution in [3.05, 3.63) is 69.0 Å². The third-order valence-electron chi connectivity index (χ3n) is 10.2. The molecule has 0 aliphatic carbocycles. The molecule has 276 valence electrons. The summed E-state index contributed by atoms with van der Waals surface area (Å²) in [6, 6.07) is 7.41. The van der Waals surface area contributed by atoms with E-state index < -0.39 is 37.3 Å². The number of imidazole rings is 1. The van der Waals surface area contributed by atoms with Crippen molar-refractivity contribution < 1.29 is 36.0 Å². The minimum Gasteiger partial charge on any atom is -0.496 e. The lowest BCUT2D eigenvalue weighted by molar-refractivity contribution is -0.137. The summed E-state index contributed by atoms with van der Waals surface area (Å²) in [5.41, 5.74) is 1.27. The average Bonchev–Trinajstić information content (AvgIpc) is 3.81. The van der Waals surface area contributed by atoms with Gasteiger partial charge in [-0.05, 0) is 48.9 Å². The van der Waals surface area contributed by atoms with Crippen molar-refractivity contribution in [3.63, 3.8) is 0 Å². The third-order valence-corrected chi connectivity index (χ3v) is 14.5. The van der Waals surface area contributed by atoms with Crippen molar-refractivity contribution in [2.45, 2.75) is 43.9 Å². The van der Waals surface area contributed by atoms with Crippen molar-refractivity contribution in [2.24, 2.45) is 7.05 Å². The largest absolute Gasteiger partial charge is 0.496 e. The number of methoxy groups -OCH3 is 1. The van der Waals surface area contributed by atoms with Crippen LogP contribution in [-0.2, 0) is 54.9 Å². The molecule has 1 spiro atoms. The van der Waals surface area contributed by atoms with Gasteiger partial charge in [0.2, 0.25) is 31.9 Å². The smallest absolute Gasteiger partial charge is 0.264 e. The van der Waals surface area contributed by atoms with Crippen molar-refractivity contribution in [1.29, 1.82) is 0 Å². The fourth-order valence-electron chi connectivity index (χ4n) is 7.41. The number of hydrogen-bond acceptors (Lipinski definition) is 11. The molecule has 0 saturated carbocycles. The fourth-order valence-corrected chi connectivity index (χ4v) is 11.5. The van der Waals surface area contributed by atoms with Gasteiger partial charge < -0.3 is 14.2 Å². The zero-order chi connectivity index (χ0) is 37.2. The van der Waals surface area contributed by atoms with E-state index >= 15 is 0 Å². The van der Waals surface area contributed by atoms with Gasteiger partial charge in [0.25, 0.3) is 11.5 Å². The van der Waals surface area contributed by atoms with Gasteiger partial charge in [0, 0.05) is 62.5 Å². The first-order valence-corrected chi connectivity index (χ1v) is 21.1. The number of nitrogens with zero attached hydrogens (tertiary/aromatic N) is 5. The van der Waals surface area contributed by atoms with E-state index in [1.165, 1.54) is 30.4 Å². The minimum atomic E-state index is -3.82. The molecule has 1 atom stereocenters. The number of carbonyl (C=O) groups is 3. The Morgan fingerprint density at radius 2 is 1.81 bits per heavy atom. The first-order valence-electron chi connectivity index (χ1n) is 16.8. The van der Waals surface area contributed by atoms with Crippen LogP contribution in [0.15, 0.2) is 41.5 Å². The summed E-state index contributed by atoms with van der Waals surface area (Å²) in [6.07, 6.45) is 6.85. The van der Waals surface area contributed by atoms with E-state index in [-0.39, 0.29) is 56.2 Å². The number of hydrogen-bond donors (Lipinski definition) is 1. The van der Waals surface area contributed by atoms with Crippen molar-refractivity contribution in [3.8, 4) is 16.9 Å². The number of pyridine rings is 1. The molecular weight excluding hydrogens is 733 g/mol. The minimum absolute atomic E-state index is 0.0674. The summed E-state index contributed by atoms with van der Waals surface area (Å²) in [4.78, 5) is 57.6. The Bertz CT molecular complexity index is 2420. The number of ether oxygens (including phenoxy) is 1. The van der Waals surface area contributed by atoms with Crippen LogP contribution in [0.2, 0.25) is 0 Å². The Balaban J connectivity index is 1.07. The van der Waals surface area contributed by atoms with Gasteiger partial charge in [-0.1, -0.05) is 12.1 Å². The Morgan fingerprint density at radius 1 is 1.08 bits per heavy atom. The molecule has 6 heterocycles. The molecule has 3 amide bonds. The second-order valence-corrected chi connectivity index (χ2v) is 18.4. The van der Waals surface area contributed by atoms with Gasteiger partial charge in [-0.2, -0.15) is 4.31 Å². The number of sulfonamides is 1. The SMILES string of the molecule is COc1cc(-c2cn(C)c(=O)c3cc(C(=O)N4CCN(S(C)(=O)=O)CC4)sc23)ccc1CCCCc1ncc2n1S(=O)(=O)CC21CCC(=O)NC1=O. The van der Waals surface area contributed by atoms with Crippen LogP contribution in [0.25, 0.3) is 21.2 Å². The lowest BCUT2D eigenvalue weighted by atomic mass is 9.79. The Morgan fingerprint density at radius 3 is 2.50 bits per heavy atom. The summed E-state index contributed by atoms with van der Waals surface area (Å²) >= 11 is 1.23. The molecule has 3 aromatic heterocycles. The molecule has 2 fully saturated rings. The predicted octanol–water partition coefficient (Wildman–Crippen LogP) is 1.62. The Kier molecular flexibility index (Phi) is 9.16. The normalized spacial score (nSPS) is 20.4. The monoisotopic (exact) mass is 770 g/mol. The van der Waals surface area contributed by atoms with Crippen LogP contribution in [0.4, 0.5) is 0 Å². The fraction of sp³-hybridized carbons (Fsp3) is 0.441. The molecule has 52 heavy (non-hydrogen) atoms. The molecule has 0 bridgehead atoms. The lowest BCUT2D eigenvalue weighted by Gasteiger charge is -2.32. The predicted molar refractivity (Wildman–Crippen MR) is 193 cm³/mol. The molecule has 1 unspecified atom stereocenters. The number of rotatable bonds is 9. The molecule has 4 aromatic rings. The first-order chi connectivity index (χ1) is 24.6. The van der Waals surface area contributed by atoms with Crippen molar-refractivity contribution in [1.82, 2.24) is 28.0 Å². The zero-order valence-electron chi connectivity index (χ0n) is 28.9. The highest BCUT2D eigenvalue weighted by Gasteiger charge is 2.55. The standard InChI is InChI=1S/C34H38N6O9S3/c1-37-19-24(30-23(31(37)42)17-26(50-30)32(43)38-12-14-39(15-13-38)51(3,45)46)22-9-8-21(25(16-22)49-2)6-4-5-7-28-35-18-27-34(20-52(47,48)40(27)28)11-10-29(41)36-33(34)44/h8-9,16-19H,4-7,10-15,20H2,1-3H3,(H,36,41,44). The molecule has 1 aromatic carbocycles. The number of thiophene rings is 1. The summed E-state index contributed by atoms with van der Waals surface area (Å²) in [5, 5.41) is 2.71. The third kappa shape index (κ3) is 6.24. The molecular formula is C34H38N6O9S3. The average molecular weight is 771 g/mol. The topological polar surface area (TPSA) is 187 Å². The number of carbonyl (C=O) groups excluding carboxylic acids is 3. The van der Waals surface area contributed by atoms with Gasteiger partial charge in [0.15, 0.2) is 0 Å². The van der Waals surface area contributed by atoms with E-state index in [1.54, 1.807) is 31.3 Å². The maximum atomic E-state index is 13.5. The molecule has 15 nitrogen and oxygen atoms in total. The van der Waals surface area contributed by atoms with Crippen LogP contribution >= 0.6 is 11.3 Å². The zero-order valence-corrected chi connectivity index (χ0v) is 31.3. The van der Waals surface area contributed by atoms with Gasteiger partial charge >= 0.3 is 0 Å². The van der Waals surface area contributed by atoms with Gasteiger partial charge in [-0.25, -0.2) is 25.8 Å². The molecule has 7 rings (SSSR count). The van der Waals surface area contributed by atoms with Crippen LogP contribution in [0.3, 0.4) is 0 Å². The van der Waals surface area contributed by atoms with Gasteiger partial charge in [0.05, 0.1) is 41.3 Å². The number of piperazine rings is 1. The number of aryl methyl sites for hydroxylation is 3. The van der Waals surface area contributed by atoms with Gasteiger partial charge in [-0.3, -0.25) is 24.5 Å². The summed E-state index contributed by atoms with van der Waals surface area (Å²) in [5.74, 6) is -0.637. The highest BCUT2D eigenvalue weighted by atomic mass is 32.2. The Labute approximate surface area is 304 Å². The molecule has 18 heteroatoms. The van der Waals surface area contributed by atoms with Gasteiger partial charge in [0.1, 0.15) is 17.0 Å². The van der Waals surface area contributed by atoms with Crippen LogP contribution < -0.4 is 15.6 Å². The maximum Gasteiger partial charge on any atom is 0.264 e. The van der Waals surface area contributed by atoms with Crippen molar-refractivity contribution >= 4 is 59.2 Å². The number of piperidine rings is 1. The van der Waals surface area contributed by atoms with E-state index in [9.17, 15) is 36.0 Å². The molecule has 0 radical (unpaired) electrons. The van der Waals surface area contributed by atoms with E-state index in [2.05, 4.69) is 10.3 Å². The second-order valence-electron chi connectivity index (χ2n) is 13.5. The number of benzene rings is 1. The Hall–Kier alpha value is -4.39. The molecule has 2 saturated heterocycles. The molecule has 3 aliphatic heterocycles. The van der Waals surface area contributed by atoms with E-state index in [1.807, 2.05) is 18.2 Å². The second kappa shape index (κ2) is 13.2. The van der Waals surface area contributed by atoms with Crippen LogP contribution in [0.5, 0.6) is 5.75 Å².